The zero-order valence-electron chi connectivity index (χ0n) is 14.1. The van der Waals surface area contributed by atoms with Crippen molar-refractivity contribution in [1.29, 1.82) is 0 Å². The zero-order valence-corrected chi connectivity index (χ0v) is 14.1. The minimum Gasteiger partial charge on any atom is -0.283 e. The Hall–Kier alpha value is -3.22. The summed E-state index contributed by atoms with van der Waals surface area (Å²) in [7, 11) is 0. The predicted molar refractivity (Wildman–Crippen MR) is 97.8 cm³/mol. The number of allylic oxidation sites excluding steroid dienone is 1. The van der Waals surface area contributed by atoms with Crippen LogP contribution in [0.5, 0.6) is 0 Å². The van der Waals surface area contributed by atoms with Crippen molar-refractivity contribution >= 4 is 16.9 Å². The molecule has 0 amide bonds. The molecule has 6 nitrogen and oxygen atoms in total. The molecule has 26 heavy (non-hydrogen) atoms. The molecule has 0 atom stereocenters. The fourth-order valence-corrected chi connectivity index (χ4v) is 2.87. The van der Waals surface area contributed by atoms with Gasteiger partial charge in [-0.2, -0.15) is 5.10 Å². The van der Waals surface area contributed by atoms with Gasteiger partial charge in [-0.15, -0.1) is 0 Å². The Morgan fingerprint density at radius 2 is 2.12 bits per heavy atom. The molecule has 130 valence electrons. The standard InChI is InChI=1S/C19H17FN6/c20-14-4-5-16(23-10-14)11-24-15-2-1-3-18(22-7-6-15)17-12-25-26-9-8-21-13-19(17)26/h4-10,12-13H,1-3,11H2. The summed E-state index contributed by atoms with van der Waals surface area (Å²) in [5, 5.41) is 4.35. The van der Waals surface area contributed by atoms with E-state index in [1.807, 2.05) is 18.5 Å². The summed E-state index contributed by atoms with van der Waals surface area (Å²) in [4.78, 5) is 17.4. The molecule has 0 saturated carbocycles. The highest BCUT2D eigenvalue weighted by Crippen LogP contribution is 2.16. The average molecular weight is 348 g/mol. The third-order valence-corrected chi connectivity index (χ3v) is 4.21. The van der Waals surface area contributed by atoms with Crippen LogP contribution in [0.4, 0.5) is 4.39 Å². The molecular formula is C19H17FN6. The fourth-order valence-electron chi connectivity index (χ4n) is 2.87. The summed E-state index contributed by atoms with van der Waals surface area (Å²) in [6.07, 6.45) is 14.7. The second kappa shape index (κ2) is 7.35. The van der Waals surface area contributed by atoms with Crippen LogP contribution in [0.1, 0.15) is 30.5 Å². The van der Waals surface area contributed by atoms with Crippen molar-refractivity contribution < 1.29 is 4.39 Å². The van der Waals surface area contributed by atoms with Crippen molar-refractivity contribution in [2.45, 2.75) is 25.8 Å². The van der Waals surface area contributed by atoms with Gasteiger partial charge in [-0.1, -0.05) is 0 Å². The number of pyridine rings is 1. The van der Waals surface area contributed by atoms with Crippen LogP contribution >= 0.6 is 0 Å². The number of nitrogens with zero attached hydrogens (tertiary/aromatic N) is 6. The lowest BCUT2D eigenvalue weighted by Crippen LogP contribution is -2.05. The summed E-state index contributed by atoms with van der Waals surface area (Å²) in [5.74, 6) is -0.336. The molecule has 0 unspecified atom stereocenters. The van der Waals surface area contributed by atoms with E-state index >= 15 is 0 Å². The lowest BCUT2D eigenvalue weighted by molar-refractivity contribution is 0.619. The van der Waals surface area contributed by atoms with Gasteiger partial charge in [0.2, 0.25) is 0 Å². The van der Waals surface area contributed by atoms with Crippen LogP contribution in [-0.4, -0.2) is 31.0 Å². The lowest BCUT2D eigenvalue weighted by atomic mass is 10.0. The third-order valence-electron chi connectivity index (χ3n) is 4.21. The highest BCUT2D eigenvalue weighted by atomic mass is 19.1. The van der Waals surface area contributed by atoms with Gasteiger partial charge in [-0.05, 0) is 37.5 Å². The minimum atomic E-state index is -0.336. The van der Waals surface area contributed by atoms with Crippen molar-refractivity contribution in [3.8, 4) is 0 Å². The number of halogens is 1. The van der Waals surface area contributed by atoms with E-state index in [-0.39, 0.29) is 5.82 Å². The Labute approximate surface area is 149 Å². The van der Waals surface area contributed by atoms with Gasteiger partial charge in [0.05, 0.1) is 42.1 Å². The molecule has 0 radical (unpaired) electrons. The molecule has 0 saturated heterocycles. The second-order valence-electron chi connectivity index (χ2n) is 5.98. The Morgan fingerprint density at radius 3 is 3.00 bits per heavy atom. The molecule has 0 fully saturated rings. The van der Waals surface area contributed by atoms with Gasteiger partial charge >= 0.3 is 0 Å². The van der Waals surface area contributed by atoms with Crippen molar-refractivity contribution in [3.05, 3.63) is 72.5 Å². The van der Waals surface area contributed by atoms with Crippen molar-refractivity contribution in [1.82, 2.24) is 19.6 Å². The highest BCUT2D eigenvalue weighted by molar-refractivity contribution is 6.07. The molecule has 3 aromatic heterocycles. The van der Waals surface area contributed by atoms with Gasteiger partial charge in [-0.3, -0.25) is 20.0 Å². The topological polar surface area (TPSA) is 67.8 Å². The van der Waals surface area contributed by atoms with Gasteiger partial charge in [0.15, 0.2) is 0 Å². The van der Waals surface area contributed by atoms with Gasteiger partial charge in [0, 0.05) is 29.9 Å². The molecule has 3 aromatic rings. The highest BCUT2D eigenvalue weighted by Gasteiger charge is 2.12. The van der Waals surface area contributed by atoms with E-state index < -0.39 is 0 Å². The molecule has 1 aliphatic heterocycles. The smallest absolute Gasteiger partial charge is 0.141 e. The Morgan fingerprint density at radius 1 is 1.15 bits per heavy atom. The van der Waals surface area contributed by atoms with E-state index in [0.717, 1.165) is 47.5 Å². The SMILES string of the molecule is Fc1ccc(CN=C2C=CN=C(c3cnn4ccncc34)CCC2)nc1. The van der Waals surface area contributed by atoms with E-state index in [0.29, 0.717) is 6.54 Å². The molecule has 7 heteroatoms. The normalized spacial score (nSPS) is 16.5. The number of aromatic nitrogens is 4. The van der Waals surface area contributed by atoms with E-state index in [1.54, 1.807) is 29.2 Å². The molecule has 0 aromatic carbocycles. The van der Waals surface area contributed by atoms with Crippen LogP contribution in [0.25, 0.3) is 5.52 Å². The number of fused-ring (bicyclic) bond motifs is 1. The van der Waals surface area contributed by atoms with Crippen LogP contribution in [0.2, 0.25) is 0 Å². The zero-order chi connectivity index (χ0) is 17.8. The number of rotatable bonds is 3. The third kappa shape index (κ3) is 3.56. The van der Waals surface area contributed by atoms with Crippen molar-refractivity contribution in [3.63, 3.8) is 0 Å². The Balaban J connectivity index is 1.52. The monoisotopic (exact) mass is 348 g/mol. The van der Waals surface area contributed by atoms with Crippen LogP contribution in [0, 0.1) is 5.82 Å². The summed E-state index contributed by atoms with van der Waals surface area (Å²) in [5.41, 5.74) is 4.69. The molecule has 0 N–H and O–H groups in total. The van der Waals surface area contributed by atoms with Crippen LogP contribution in [0.3, 0.4) is 0 Å². The van der Waals surface area contributed by atoms with Crippen LogP contribution in [-0.2, 0) is 6.54 Å². The summed E-state index contributed by atoms with van der Waals surface area (Å²) >= 11 is 0. The molecule has 0 bridgehead atoms. The molecule has 4 rings (SSSR count). The second-order valence-corrected chi connectivity index (χ2v) is 5.98. The largest absolute Gasteiger partial charge is 0.283 e. The van der Waals surface area contributed by atoms with E-state index in [2.05, 4.69) is 25.1 Å². The Bertz CT molecular complexity index is 1000. The first-order valence-corrected chi connectivity index (χ1v) is 8.44. The van der Waals surface area contributed by atoms with Gasteiger partial charge < -0.3 is 0 Å². The molecule has 1 aliphatic rings. The van der Waals surface area contributed by atoms with Crippen molar-refractivity contribution in [2.24, 2.45) is 9.98 Å². The first-order chi connectivity index (χ1) is 12.8. The first-order valence-electron chi connectivity index (χ1n) is 8.44. The maximum Gasteiger partial charge on any atom is 0.141 e. The lowest BCUT2D eigenvalue weighted by Gasteiger charge is -2.08. The molecular weight excluding hydrogens is 331 g/mol. The number of hydrogen-bond donors (Lipinski definition) is 0. The predicted octanol–water partition coefficient (Wildman–Crippen LogP) is 3.39. The van der Waals surface area contributed by atoms with Crippen LogP contribution in [0.15, 0.2) is 65.4 Å². The van der Waals surface area contributed by atoms with E-state index in [4.69, 9.17) is 0 Å². The maximum atomic E-state index is 12.9. The number of aliphatic imine (C=N–C) groups is 2. The quantitative estimate of drug-likeness (QED) is 0.728. The van der Waals surface area contributed by atoms with Gasteiger partial charge in [0.25, 0.3) is 0 Å². The van der Waals surface area contributed by atoms with E-state index in [1.165, 1.54) is 12.3 Å². The fraction of sp³-hybridized carbons (Fsp3) is 0.211. The minimum absolute atomic E-state index is 0.336. The molecule has 4 heterocycles. The maximum absolute atomic E-state index is 12.9. The Kier molecular flexibility index (Phi) is 4.59. The van der Waals surface area contributed by atoms with Crippen LogP contribution < -0.4 is 0 Å². The molecule has 0 aliphatic carbocycles. The number of hydrogen-bond acceptors (Lipinski definition) is 5. The van der Waals surface area contributed by atoms with Gasteiger partial charge in [-0.25, -0.2) is 8.91 Å². The first kappa shape index (κ1) is 16.3. The van der Waals surface area contributed by atoms with Crippen molar-refractivity contribution in [2.75, 3.05) is 0 Å². The summed E-state index contributed by atoms with van der Waals surface area (Å²) in [6, 6.07) is 3.06. The van der Waals surface area contributed by atoms with Gasteiger partial charge in [0.1, 0.15) is 5.82 Å². The summed E-state index contributed by atoms with van der Waals surface area (Å²) in [6.45, 7) is 0.441. The van der Waals surface area contributed by atoms with E-state index in [9.17, 15) is 4.39 Å². The molecule has 0 spiro atoms. The summed E-state index contributed by atoms with van der Waals surface area (Å²) < 4.78 is 14.7. The average Bonchev–Trinajstić information content (AvgIpc) is 3.06.